The van der Waals surface area contributed by atoms with Crippen LogP contribution in [0.25, 0.3) is 0 Å². The van der Waals surface area contributed by atoms with E-state index < -0.39 is 29.2 Å². The summed E-state index contributed by atoms with van der Waals surface area (Å²) in [6.07, 6.45) is -5.00. The molecule has 1 N–H and O–H groups in total. The predicted octanol–water partition coefficient (Wildman–Crippen LogP) is 2.92. The Hall–Kier alpha value is -1.75. The normalized spacial score (nSPS) is 10.8. The predicted molar refractivity (Wildman–Crippen MR) is 52.5 cm³/mol. The van der Waals surface area contributed by atoms with Crippen LogP contribution < -0.4 is 4.74 Å². The molecule has 0 atom stereocenters. The van der Waals surface area contributed by atoms with Gasteiger partial charge in [-0.1, -0.05) is 0 Å². The maximum atomic E-state index is 12.0. The van der Waals surface area contributed by atoms with Gasteiger partial charge in [-0.05, 0) is 28.1 Å². The number of benzene rings is 1. The van der Waals surface area contributed by atoms with Crippen molar-refractivity contribution >= 4 is 21.9 Å². The number of hydrogen-bond donors (Lipinski definition) is 1. The lowest BCUT2D eigenvalue weighted by Crippen LogP contribution is -2.18. The van der Waals surface area contributed by atoms with E-state index in [-0.39, 0.29) is 4.47 Å². The van der Waals surface area contributed by atoms with Crippen LogP contribution >= 0.6 is 15.9 Å². The maximum Gasteiger partial charge on any atom is 0.573 e. The van der Waals surface area contributed by atoms with Crippen molar-refractivity contribution < 1.29 is 27.8 Å². The van der Waals surface area contributed by atoms with Crippen molar-refractivity contribution in [2.24, 2.45) is 0 Å². The van der Waals surface area contributed by atoms with Gasteiger partial charge >= 0.3 is 12.3 Å². The van der Waals surface area contributed by atoms with Crippen molar-refractivity contribution in [3.63, 3.8) is 0 Å². The van der Waals surface area contributed by atoms with Gasteiger partial charge in [-0.15, -0.1) is 13.2 Å². The van der Waals surface area contributed by atoms with Gasteiger partial charge in [-0.25, -0.2) is 4.79 Å². The summed E-state index contributed by atoms with van der Waals surface area (Å²) in [5.41, 5.74) is -0.845. The molecule has 90 valence electrons. The molecule has 0 bridgehead atoms. The van der Waals surface area contributed by atoms with Gasteiger partial charge in [0.05, 0.1) is 5.56 Å². The number of carboxylic acid groups (broad SMARTS) is 1. The van der Waals surface area contributed by atoms with Crippen molar-refractivity contribution in [3.8, 4) is 11.8 Å². The molecule has 0 fully saturated rings. The van der Waals surface area contributed by atoms with Gasteiger partial charge in [0, 0.05) is 4.47 Å². The van der Waals surface area contributed by atoms with Crippen LogP contribution in [-0.4, -0.2) is 17.4 Å². The number of carboxylic acids is 1. The first-order valence-electron chi connectivity index (χ1n) is 3.97. The third-order valence-electron chi connectivity index (χ3n) is 1.64. The van der Waals surface area contributed by atoms with Gasteiger partial charge in [-0.2, -0.15) is 5.26 Å². The number of nitriles is 1. The Morgan fingerprint density at radius 2 is 2.06 bits per heavy atom. The smallest absolute Gasteiger partial charge is 0.478 e. The minimum absolute atomic E-state index is 0.0841. The van der Waals surface area contributed by atoms with Crippen molar-refractivity contribution in [1.29, 1.82) is 5.26 Å². The Labute approximate surface area is 101 Å². The summed E-state index contributed by atoms with van der Waals surface area (Å²) >= 11 is 2.80. The average Bonchev–Trinajstić information content (AvgIpc) is 2.14. The highest BCUT2D eigenvalue weighted by molar-refractivity contribution is 9.10. The first kappa shape index (κ1) is 13.3. The van der Waals surface area contributed by atoms with Crippen LogP contribution in [0, 0.1) is 11.3 Å². The summed E-state index contributed by atoms with van der Waals surface area (Å²) in [5, 5.41) is 17.3. The number of hydrogen-bond acceptors (Lipinski definition) is 3. The Morgan fingerprint density at radius 3 is 2.47 bits per heavy atom. The molecule has 0 aliphatic heterocycles. The van der Waals surface area contributed by atoms with Gasteiger partial charge in [0.2, 0.25) is 0 Å². The Morgan fingerprint density at radius 1 is 1.47 bits per heavy atom. The average molecular weight is 310 g/mol. The fourth-order valence-electron chi connectivity index (χ4n) is 1.02. The molecule has 0 spiro atoms. The molecule has 0 heterocycles. The number of rotatable bonds is 2. The zero-order valence-electron chi connectivity index (χ0n) is 7.88. The topological polar surface area (TPSA) is 70.3 Å². The van der Waals surface area contributed by atoms with E-state index in [0.29, 0.717) is 6.07 Å². The summed E-state index contributed by atoms with van der Waals surface area (Å²) in [4.78, 5) is 10.6. The van der Waals surface area contributed by atoms with Gasteiger partial charge in [-0.3, -0.25) is 0 Å². The summed E-state index contributed by atoms with van der Waals surface area (Å²) in [6.45, 7) is 0. The van der Waals surface area contributed by atoms with Crippen LogP contribution in [0.4, 0.5) is 13.2 Å². The number of nitrogens with zero attached hydrogens (tertiary/aromatic N) is 1. The summed E-state index contributed by atoms with van der Waals surface area (Å²) in [5.74, 6) is -2.28. The number of carbonyl (C=O) groups is 1. The van der Waals surface area contributed by atoms with Crippen molar-refractivity contribution in [3.05, 3.63) is 27.7 Å². The number of aromatic carboxylic acids is 1. The van der Waals surface area contributed by atoms with Crippen LogP contribution in [0.5, 0.6) is 5.75 Å². The fraction of sp³-hybridized carbons (Fsp3) is 0.111. The second-order valence-corrected chi connectivity index (χ2v) is 3.65. The molecular weight excluding hydrogens is 307 g/mol. The highest BCUT2D eigenvalue weighted by Gasteiger charge is 2.33. The van der Waals surface area contributed by atoms with Crippen LogP contribution in [-0.2, 0) is 0 Å². The van der Waals surface area contributed by atoms with Crippen LogP contribution in [0.1, 0.15) is 15.9 Å². The van der Waals surface area contributed by atoms with Crippen LogP contribution in [0.2, 0.25) is 0 Å². The Kier molecular flexibility index (Phi) is 3.63. The SMILES string of the molecule is N#Cc1c(Br)cc(C(=O)O)cc1OC(F)(F)F. The van der Waals surface area contributed by atoms with E-state index in [4.69, 9.17) is 10.4 Å². The van der Waals surface area contributed by atoms with Gasteiger partial charge in [0.1, 0.15) is 17.4 Å². The quantitative estimate of drug-likeness (QED) is 0.912. The van der Waals surface area contributed by atoms with E-state index in [1.165, 1.54) is 6.07 Å². The molecule has 1 aromatic carbocycles. The van der Waals surface area contributed by atoms with Crippen LogP contribution in [0.3, 0.4) is 0 Å². The fourth-order valence-corrected chi connectivity index (χ4v) is 1.55. The zero-order chi connectivity index (χ0) is 13.2. The zero-order valence-corrected chi connectivity index (χ0v) is 9.46. The van der Waals surface area contributed by atoms with E-state index in [2.05, 4.69) is 20.7 Å². The van der Waals surface area contributed by atoms with Crippen LogP contribution in [0.15, 0.2) is 16.6 Å². The molecule has 1 rings (SSSR count). The standard InChI is InChI=1S/C9H3BrF3NO3/c10-6-1-4(8(15)16)2-7(5(6)3-14)17-9(11,12)13/h1-2H,(H,15,16). The molecule has 0 amide bonds. The highest BCUT2D eigenvalue weighted by Crippen LogP contribution is 2.32. The molecule has 0 radical (unpaired) electrons. The van der Waals surface area contributed by atoms with Crippen molar-refractivity contribution in [2.45, 2.75) is 6.36 Å². The Balaban J connectivity index is 3.35. The van der Waals surface area contributed by atoms with Crippen molar-refractivity contribution in [2.75, 3.05) is 0 Å². The van der Waals surface area contributed by atoms with E-state index in [0.717, 1.165) is 6.07 Å². The van der Waals surface area contributed by atoms with E-state index >= 15 is 0 Å². The minimum Gasteiger partial charge on any atom is -0.478 e. The molecule has 0 saturated carbocycles. The Bertz CT molecular complexity index is 507. The molecule has 8 heteroatoms. The second kappa shape index (κ2) is 4.63. The first-order chi connectivity index (χ1) is 7.74. The molecule has 0 aliphatic carbocycles. The largest absolute Gasteiger partial charge is 0.573 e. The molecule has 0 aromatic heterocycles. The summed E-state index contributed by atoms with van der Waals surface area (Å²) in [6, 6.07) is 3.14. The van der Waals surface area contributed by atoms with Crippen molar-refractivity contribution in [1.82, 2.24) is 0 Å². The van der Waals surface area contributed by atoms with E-state index in [1.807, 2.05) is 0 Å². The summed E-state index contributed by atoms with van der Waals surface area (Å²) < 4.78 is 39.6. The molecule has 4 nitrogen and oxygen atoms in total. The first-order valence-corrected chi connectivity index (χ1v) is 4.76. The van der Waals surface area contributed by atoms with Gasteiger partial charge in [0.15, 0.2) is 0 Å². The molecule has 0 aliphatic rings. The molecular formula is C9H3BrF3NO3. The summed E-state index contributed by atoms with van der Waals surface area (Å²) in [7, 11) is 0. The van der Waals surface area contributed by atoms with Gasteiger partial charge < -0.3 is 9.84 Å². The lowest BCUT2D eigenvalue weighted by atomic mass is 10.1. The maximum absolute atomic E-state index is 12.0. The minimum atomic E-state index is -5.00. The molecule has 17 heavy (non-hydrogen) atoms. The molecule has 1 aromatic rings. The number of halogens is 4. The second-order valence-electron chi connectivity index (χ2n) is 2.80. The number of alkyl halides is 3. The van der Waals surface area contributed by atoms with E-state index in [1.54, 1.807) is 0 Å². The molecule has 0 unspecified atom stereocenters. The highest BCUT2D eigenvalue weighted by atomic mass is 79.9. The lowest BCUT2D eigenvalue weighted by Gasteiger charge is -2.11. The van der Waals surface area contributed by atoms with Gasteiger partial charge in [0.25, 0.3) is 0 Å². The number of ether oxygens (including phenoxy) is 1. The lowest BCUT2D eigenvalue weighted by molar-refractivity contribution is -0.274. The monoisotopic (exact) mass is 309 g/mol. The molecule has 0 saturated heterocycles. The third-order valence-corrected chi connectivity index (χ3v) is 2.26. The third kappa shape index (κ3) is 3.35. The van der Waals surface area contributed by atoms with E-state index in [9.17, 15) is 18.0 Å².